The molecule has 1 aromatic rings. The third-order valence-corrected chi connectivity index (χ3v) is 5.04. The molecule has 2 aliphatic heterocycles. The van der Waals surface area contributed by atoms with Crippen molar-refractivity contribution in [2.24, 2.45) is 0 Å². The highest BCUT2D eigenvalue weighted by Gasteiger charge is 2.57. The van der Waals surface area contributed by atoms with E-state index < -0.39 is 0 Å². The van der Waals surface area contributed by atoms with Crippen molar-refractivity contribution in [1.82, 2.24) is 24.3 Å². The number of hydrogen-bond donors (Lipinski definition) is 0. The lowest BCUT2D eigenvalue weighted by Crippen LogP contribution is -2.76. The standard InChI is InChI=1S/C12H24B2N6.C3H8.C2H6/c1-9(2)20-13(5)17(7)10-12(3,4)19-11(15-8-16-19)18(10)14(20)6;1-3-2;1-2/h8-10H,1-7H3;3H2,1-2H3;1-2H3. The van der Waals surface area contributed by atoms with Crippen LogP contribution in [-0.4, -0.2) is 57.5 Å². The molecule has 3 rings (SSSR count). The Kier molecular flexibility index (Phi) is 7.56. The number of anilines is 1. The second kappa shape index (κ2) is 8.58. The summed E-state index contributed by atoms with van der Waals surface area (Å²) in [5.41, 5.74) is -0.0772. The van der Waals surface area contributed by atoms with Crippen molar-refractivity contribution in [3.63, 3.8) is 0 Å². The first-order valence-electron chi connectivity index (χ1n) is 9.88. The van der Waals surface area contributed by atoms with Gasteiger partial charge >= 0.3 is 6.98 Å². The van der Waals surface area contributed by atoms with Crippen molar-refractivity contribution in [3.05, 3.63) is 6.33 Å². The van der Waals surface area contributed by atoms with Crippen LogP contribution in [0.15, 0.2) is 6.33 Å². The van der Waals surface area contributed by atoms with Gasteiger partial charge in [0.15, 0.2) is 0 Å². The molecule has 25 heavy (non-hydrogen) atoms. The van der Waals surface area contributed by atoms with Crippen LogP contribution in [0.1, 0.15) is 61.8 Å². The van der Waals surface area contributed by atoms with Gasteiger partial charge in [-0.05, 0) is 26.9 Å². The van der Waals surface area contributed by atoms with Crippen molar-refractivity contribution in [3.8, 4) is 0 Å². The Balaban J connectivity index is 0.000000567. The van der Waals surface area contributed by atoms with Crippen molar-refractivity contribution < 1.29 is 0 Å². The first-order chi connectivity index (χ1) is 11.7. The summed E-state index contributed by atoms with van der Waals surface area (Å²) in [5, 5.41) is 4.46. The maximum Gasteiger partial charge on any atom is 0.333 e. The smallest absolute Gasteiger partial charge is 0.333 e. The highest BCUT2D eigenvalue weighted by Crippen LogP contribution is 2.42. The lowest BCUT2D eigenvalue weighted by atomic mass is 9.55. The molecule has 0 aromatic carbocycles. The molecule has 1 saturated heterocycles. The zero-order chi connectivity index (χ0) is 19.5. The van der Waals surface area contributed by atoms with E-state index in [4.69, 9.17) is 0 Å². The molecule has 6 nitrogen and oxygen atoms in total. The molecule has 142 valence electrons. The SMILES string of the molecule is CB1N(C)C2N(B(C)N1C(C)C)c1ncnn1C2(C)C.CC.CCC. The largest absolute Gasteiger partial charge is 0.354 e. The van der Waals surface area contributed by atoms with E-state index in [1.54, 1.807) is 6.33 Å². The minimum atomic E-state index is -0.0772. The van der Waals surface area contributed by atoms with E-state index in [2.05, 4.69) is 91.3 Å². The number of likely N-dealkylation sites (N-methyl/N-ethyl adjacent to an activating group) is 1. The summed E-state index contributed by atoms with van der Waals surface area (Å²) in [6, 6.07) is 0.489. The van der Waals surface area contributed by atoms with Crippen LogP contribution in [0.3, 0.4) is 0 Å². The van der Waals surface area contributed by atoms with Crippen LogP contribution in [0.4, 0.5) is 5.95 Å². The van der Waals surface area contributed by atoms with Gasteiger partial charge in [-0.3, -0.25) is 0 Å². The van der Waals surface area contributed by atoms with Crippen LogP contribution in [0, 0.1) is 0 Å². The summed E-state index contributed by atoms with van der Waals surface area (Å²) >= 11 is 0. The van der Waals surface area contributed by atoms with Gasteiger partial charge in [0.05, 0.1) is 11.7 Å². The predicted molar refractivity (Wildman–Crippen MR) is 111 cm³/mol. The normalized spacial score (nSPS) is 22.1. The van der Waals surface area contributed by atoms with Gasteiger partial charge in [-0.25, -0.2) is 9.67 Å². The summed E-state index contributed by atoms with van der Waals surface area (Å²) in [6.45, 7) is 22.5. The summed E-state index contributed by atoms with van der Waals surface area (Å²) in [4.78, 5) is 9.36. The van der Waals surface area contributed by atoms with E-state index in [0.29, 0.717) is 26.2 Å². The van der Waals surface area contributed by atoms with Gasteiger partial charge in [0.25, 0.3) is 6.98 Å². The highest BCUT2D eigenvalue weighted by molar-refractivity contribution is 6.74. The monoisotopic (exact) mass is 348 g/mol. The molecule has 0 spiro atoms. The Hall–Kier alpha value is -1.01. The molecule has 0 N–H and O–H groups in total. The molecular formula is C17H38B2N6. The average molecular weight is 348 g/mol. The fraction of sp³-hybridized carbons (Fsp3) is 0.882. The topological polar surface area (TPSA) is 40.4 Å². The number of aromatic nitrogens is 3. The summed E-state index contributed by atoms with van der Waals surface area (Å²) in [5.74, 6) is 0.983. The molecule has 2 aliphatic rings. The van der Waals surface area contributed by atoms with Gasteiger partial charge in [0.1, 0.15) is 6.33 Å². The molecule has 0 saturated carbocycles. The van der Waals surface area contributed by atoms with E-state index in [-0.39, 0.29) is 5.54 Å². The third-order valence-electron chi connectivity index (χ3n) is 5.04. The highest BCUT2D eigenvalue weighted by atomic mass is 15.6. The van der Waals surface area contributed by atoms with E-state index in [9.17, 15) is 0 Å². The molecule has 0 amide bonds. The molecule has 0 bridgehead atoms. The fourth-order valence-corrected chi connectivity index (χ4v) is 4.18. The van der Waals surface area contributed by atoms with E-state index in [1.165, 1.54) is 6.42 Å². The first kappa shape index (κ1) is 22.0. The van der Waals surface area contributed by atoms with Gasteiger partial charge in [-0.1, -0.05) is 61.6 Å². The van der Waals surface area contributed by atoms with Crippen LogP contribution < -0.4 is 4.81 Å². The molecule has 0 radical (unpaired) electrons. The van der Waals surface area contributed by atoms with Crippen LogP contribution in [0.2, 0.25) is 13.6 Å². The second-order valence-corrected chi connectivity index (χ2v) is 7.58. The second-order valence-electron chi connectivity index (χ2n) is 7.58. The van der Waals surface area contributed by atoms with Crippen LogP contribution in [0.25, 0.3) is 0 Å². The zero-order valence-electron chi connectivity index (χ0n) is 18.3. The maximum atomic E-state index is 4.50. The van der Waals surface area contributed by atoms with Gasteiger partial charge in [-0.15, -0.1) is 0 Å². The Bertz CT molecular complexity index is 533. The van der Waals surface area contributed by atoms with E-state index in [1.807, 2.05) is 13.8 Å². The molecule has 1 aromatic heterocycles. The van der Waals surface area contributed by atoms with Crippen molar-refractivity contribution >= 4 is 19.9 Å². The first-order valence-corrected chi connectivity index (χ1v) is 9.88. The lowest BCUT2D eigenvalue weighted by molar-refractivity contribution is 0.187. The fourth-order valence-electron chi connectivity index (χ4n) is 4.18. The lowest BCUT2D eigenvalue weighted by Gasteiger charge is -2.54. The molecule has 1 atom stereocenters. The Morgan fingerprint density at radius 3 is 2.16 bits per heavy atom. The zero-order valence-corrected chi connectivity index (χ0v) is 18.3. The van der Waals surface area contributed by atoms with Crippen LogP contribution in [0.5, 0.6) is 0 Å². The molecule has 3 heterocycles. The maximum absolute atomic E-state index is 4.50. The number of nitrogens with zero attached hydrogens (tertiary/aromatic N) is 6. The molecule has 8 heteroatoms. The number of rotatable bonds is 1. The third kappa shape index (κ3) is 3.61. The molecule has 0 aliphatic carbocycles. The number of hydrogen-bond acceptors (Lipinski definition) is 5. The van der Waals surface area contributed by atoms with E-state index in [0.717, 1.165) is 5.95 Å². The molecule has 1 unspecified atom stereocenters. The van der Waals surface area contributed by atoms with Crippen LogP contribution in [-0.2, 0) is 5.54 Å². The average Bonchev–Trinajstić information content (AvgIpc) is 3.09. The van der Waals surface area contributed by atoms with Gasteiger partial charge in [0.2, 0.25) is 5.95 Å². The Labute approximate surface area is 156 Å². The van der Waals surface area contributed by atoms with Crippen molar-refractivity contribution in [2.75, 3.05) is 11.9 Å². The van der Waals surface area contributed by atoms with E-state index >= 15 is 0 Å². The predicted octanol–water partition coefficient (Wildman–Crippen LogP) is 3.49. The van der Waals surface area contributed by atoms with Gasteiger partial charge in [0, 0.05) is 0 Å². The Morgan fingerprint density at radius 2 is 1.68 bits per heavy atom. The van der Waals surface area contributed by atoms with Gasteiger partial charge in [-0.2, -0.15) is 5.10 Å². The van der Waals surface area contributed by atoms with Crippen molar-refractivity contribution in [2.45, 2.75) is 93.2 Å². The Morgan fingerprint density at radius 1 is 1.16 bits per heavy atom. The summed E-state index contributed by atoms with van der Waals surface area (Å²) in [7, 11) is 2.21. The minimum absolute atomic E-state index is 0.0772. The quantitative estimate of drug-likeness (QED) is 0.727. The molecular weight excluding hydrogens is 310 g/mol. The van der Waals surface area contributed by atoms with Gasteiger partial charge < -0.3 is 14.3 Å². The van der Waals surface area contributed by atoms with Crippen LogP contribution >= 0.6 is 0 Å². The summed E-state index contributed by atoms with van der Waals surface area (Å²) < 4.78 is 4.60. The van der Waals surface area contributed by atoms with Crippen molar-refractivity contribution in [1.29, 1.82) is 0 Å². The molecule has 1 fully saturated rings. The number of fused-ring (bicyclic) bond motifs is 3. The minimum Gasteiger partial charge on any atom is -0.354 e. The summed E-state index contributed by atoms with van der Waals surface area (Å²) in [6.07, 6.45) is 3.20.